The minimum absolute atomic E-state index is 0.0468. The van der Waals surface area contributed by atoms with Gasteiger partial charge in [-0.25, -0.2) is 0 Å². The molecular formula is C17H18ClN3O5. The molecule has 26 heavy (non-hydrogen) atoms. The Morgan fingerprint density at radius 2 is 2.04 bits per heavy atom. The molecule has 0 aliphatic heterocycles. The van der Waals surface area contributed by atoms with E-state index in [4.69, 9.17) is 16.0 Å². The lowest BCUT2D eigenvalue weighted by Gasteiger charge is -2.21. The van der Waals surface area contributed by atoms with Gasteiger partial charge < -0.3 is 15.1 Å². The first-order chi connectivity index (χ1) is 12.3. The molecule has 0 aliphatic carbocycles. The van der Waals surface area contributed by atoms with Crippen LogP contribution in [-0.4, -0.2) is 22.8 Å². The number of carbonyl (C=O) groups excluding carboxylic acids is 2. The van der Waals surface area contributed by atoms with Crippen LogP contribution in [0.15, 0.2) is 41.0 Å². The Morgan fingerprint density at radius 1 is 1.31 bits per heavy atom. The average molecular weight is 380 g/mol. The summed E-state index contributed by atoms with van der Waals surface area (Å²) in [6.45, 7) is 3.75. The van der Waals surface area contributed by atoms with E-state index in [0.717, 1.165) is 6.07 Å². The number of hydrogen-bond donors (Lipinski definition) is 2. The molecule has 0 aliphatic rings. The number of rotatable bonds is 7. The van der Waals surface area contributed by atoms with Crippen LogP contribution < -0.4 is 10.6 Å². The molecule has 2 aromatic rings. The lowest BCUT2D eigenvalue weighted by Crippen LogP contribution is -2.49. The molecule has 0 saturated carbocycles. The molecule has 0 fully saturated rings. The number of nitro benzene ring substituents is 1. The fourth-order valence-corrected chi connectivity index (χ4v) is 2.44. The van der Waals surface area contributed by atoms with Crippen LogP contribution in [0, 0.1) is 16.0 Å². The summed E-state index contributed by atoms with van der Waals surface area (Å²) < 4.78 is 5.14. The maximum atomic E-state index is 12.4. The number of amides is 2. The van der Waals surface area contributed by atoms with Gasteiger partial charge in [0.2, 0.25) is 5.91 Å². The van der Waals surface area contributed by atoms with Crippen LogP contribution in [0.1, 0.15) is 30.0 Å². The molecule has 138 valence electrons. The Bertz CT molecular complexity index is 805. The highest BCUT2D eigenvalue weighted by Crippen LogP contribution is 2.25. The summed E-state index contributed by atoms with van der Waals surface area (Å²) in [5, 5.41) is 16.2. The van der Waals surface area contributed by atoms with Crippen molar-refractivity contribution in [2.24, 2.45) is 5.92 Å². The molecule has 0 bridgehead atoms. The zero-order valence-corrected chi connectivity index (χ0v) is 14.9. The van der Waals surface area contributed by atoms with Crippen molar-refractivity contribution in [3.63, 3.8) is 0 Å². The van der Waals surface area contributed by atoms with Crippen LogP contribution in [0.4, 0.5) is 5.69 Å². The maximum absolute atomic E-state index is 12.4. The zero-order chi connectivity index (χ0) is 19.3. The van der Waals surface area contributed by atoms with Gasteiger partial charge in [-0.3, -0.25) is 19.7 Å². The second kappa shape index (κ2) is 8.48. The predicted octanol–water partition coefficient (Wildman–Crippen LogP) is 2.91. The normalized spacial score (nSPS) is 11.8. The second-order valence-electron chi connectivity index (χ2n) is 5.92. The number of nitrogens with zero attached hydrogens (tertiary/aromatic N) is 1. The minimum atomic E-state index is -0.813. The van der Waals surface area contributed by atoms with Gasteiger partial charge in [0.25, 0.3) is 11.6 Å². The molecule has 0 spiro atoms. The van der Waals surface area contributed by atoms with E-state index in [9.17, 15) is 19.7 Å². The summed E-state index contributed by atoms with van der Waals surface area (Å²) >= 11 is 5.75. The number of hydrogen-bond acceptors (Lipinski definition) is 5. The third kappa shape index (κ3) is 4.82. The SMILES string of the molecule is CC(C)C(NC(=O)c1ccc(Cl)c([N+](=O)[O-])c1)C(=O)NCc1ccco1. The van der Waals surface area contributed by atoms with Crippen molar-refractivity contribution in [2.75, 3.05) is 0 Å². The highest BCUT2D eigenvalue weighted by atomic mass is 35.5. The fraction of sp³-hybridized carbons (Fsp3) is 0.294. The molecule has 2 amide bonds. The summed E-state index contributed by atoms with van der Waals surface area (Å²) in [5.74, 6) is -0.594. The quantitative estimate of drug-likeness (QED) is 0.567. The van der Waals surface area contributed by atoms with Crippen LogP contribution in [0.3, 0.4) is 0 Å². The van der Waals surface area contributed by atoms with Crippen molar-refractivity contribution in [1.82, 2.24) is 10.6 Å². The van der Waals surface area contributed by atoms with E-state index in [1.54, 1.807) is 26.0 Å². The largest absolute Gasteiger partial charge is 0.467 e. The monoisotopic (exact) mass is 379 g/mol. The highest BCUT2D eigenvalue weighted by Gasteiger charge is 2.25. The van der Waals surface area contributed by atoms with Crippen molar-refractivity contribution >= 4 is 29.1 Å². The molecular weight excluding hydrogens is 362 g/mol. The van der Waals surface area contributed by atoms with Crippen molar-refractivity contribution in [3.05, 3.63) is 63.1 Å². The molecule has 2 rings (SSSR count). The van der Waals surface area contributed by atoms with Crippen LogP contribution >= 0.6 is 11.6 Å². The number of furan rings is 1. The van der Waals surface area contributed by atoms with Gasteiger partial charge >= 0.3 is 0 Å². The summed E-state index contributed by atoms with van der Waals surface area (Å²) in [4.78, 5) is 35.1. The second-order valence-corrected chi connectivity index (χ2v) is 6.32. The van der Waals surface area contributed by atoms with Gasteiger partial charge in [-0.15, -0.1) is 0 Å². The Balaban J connectivity index is 2.09. The third-order valence-electron chi connectivity index (χ3n) is 3.66. The number of nitro groups is 1. The first kappa shape index (κ1) is 19.5. The Kier molecular flexibility index (Phi) is 6.35. The number of nitrogens with one attached hydrogen (secondary N) is 2. The smallest absolute Gasteiger partial charge is 0.288 e. The van der Waals surface area contributed by atoms with Gasteiger partial charge in [0.1, 0.15) is 16.8 Å². The topological polar surface area (TPSA) is 114 Å². The molecule has 1 unspecified atom stereocenters. The average Bonchev–Trinajstić information content (AvgIpc) is 3.10. The first-order valence-corrected chi connectivity index (χ1v) is 8.22. The summed E-state index contributed by atoms with van der Waals surface area (Å²) in [7, 11) is 0. The Hall–Kier alpha value is -2.87. The summed E-state index contributed by atoms with van der Waals surface area (Å²) in [5.41, 5.74) is -0.326. The lowest BCUT2D eigenvalue weighted by molar-refractivity contribution is -0.384. The molecule has 1 atom stereocenters. The van der Waals surface area contributed by atoms with E-state index in [0.29, 0.717) is 5.76 Å². The van der Waals surface area contributed by atoms with E-state index in [1.807, 2.05) is 0 Å². The fourth-order valence-electron chi connectivity index (χ4n) is 2.25. The van der Waals surface area contributed by atoms with E-state index >= 15 is 0 Å². The minimum Gasteiger partial charge on any atom is -0.467 e. The van der Waals surface area contributed by atoms with Gasteiger partial charge in [-0.05, 0) is 30.2 Å². The van der Waals surface area contributed by atoms with Crippen molar-refractivity contribution < 1.29 is 18.9 Å². The number of benzene rings is 1. The summed E-state index contributed by atoms with van der Waals surface area (Å²) in [6, 6.07) is 6.33. The predicted molar refractivity (Wildman–Crippen MR) is 94.8 cm³/mol. The van der Waals surface area contributed by atoms with E-state index < -0.39 is 16.9 Å². The third-order valence-corrected chi connectivity index (χ3v) is 3.98. The first-order valence-electron chi connectivity index (χ1n) is 7.84. The van der Waals surface area contributed by atoms with Gasteiger partial charge in [-0.1, -0.05) is 25.4 Å². The Morgan fingerprint density at radius 3 is 2.62 bits per heavy atom. The van der Waals surface area contributed by atoms with E-state index in [-0.39, 0.29) is 34.6 Å². The van der Waals surface area contributed by atoms with Crippen molar-refractivity contribution in [2.45, 2.75) is 26.4 Å². The molecule has 2 N–H and O–H groups in total. The molecule has 9 heteroatoms. The standard InChI is InChI=1S/C17H18ClN3O5/c1-10(2)15(17(23)19-9-12-4-3-7-26-12)20-16(22)11-5-6-13(18)14(8-11)21(24)25/h3-8,10,15H,9H2,1-2H3,(H,19,23)(H,20,22). The van der Waals surface area contributed by atoms with Gasteiger partial charge in [0, 0.05) is 11.6 Å². The van der Waals surface area contributed by atoms with Crippen LogP contribution in [-0.2, 0) is 11.3 Å². The zero-order valence-electron chi connectivity index (χ0n) is 14.2. The lowest BCUT2D eigenvalue weighted by atomic mass is 10.0. The van der Waals surface area contributed by atoms with Crippen LogP contribution in [0.2, 0.25) is 5.02 Å². The van der Waals surface area contributed by atoms with Gasteiger partial charge in [0.15, 0.2) is 0 Å². The molecule has 0 radical (unpaired) electrons. The van der Waals surface area contributed by atoms with E-state index in [2.05, 4.69) is 10.6 Å². The molecule has 8 nitrogen and oxygen atoms in total. The highest BCUT2D eigenvalue weighted by molar-refractivity contribution is 6.32. The molecule has 0 saturated heterocycles. The maximum Gasteiger partial charge on any atom is 0.288 e. The number of carbonyl (C=O) groups is 2. The van der Waals surface area contributed by atoms with Crippen molar-refractivity contribution in [3.8, 4) is 0 Å². The molecule has 1 aromatic heterocycles. The molecule has 1 heterocycles. The summed E-state index contributed by atoms with van der Waals surface area (Å²) in [6.07, 6.45) is 1.50. The van der Waals surface area contributed by atoms with Crippen molar-refractivity contribution in [1.29, 1.82) is 0 Å². The van der Waals surface area contributed by atoms with Gasteiger partial charge in [0.05, 0.1) is 17.7 Å². The van der Waals surface area contributed by atoms with E-state index in [1.165, 1.54) is 18.4 Å². The van der Waals surface area contributed by atoms with Gasteiger partial charge in [-0.2, -0.15) is 0 Å². The number of halogens is 1. The van der Waals surface area contributed by atoms with Crippen LogP contribution in [0.5, 0.6) is 0 Å². The Labute approximate surface area is 154 Å². The molecule has 1 aromatic carbocycles. The van der Waals surface area contributed by atoms with Crippen LogP contribution in [0.25, 0.3) is 0 Å².